The van der Waals surface area contributed by atoms with Gasteiger partial charge < -0.3 is 15.7 Å². The minimum absolute atomic E-state index is 0.131. The molecular formula is C14H19N3OS. The summed E-state index contributed by atoms with van der Waals surface area (Å²) in [6, 6.07) is 2.60. The van der Waals surface area contributed by atoms with Crippen molar-refractivity contribution in [1.82, 2.24) is 4.98 Å². The molecule has 5 heteroatoms. The number of aromatic nitrogens is 1. The van der Waals surface area contributed by atoms with E-state index in [1.54, 1.807) is 0 Å². The van der Waals surface area contributed by atoms with Crippen LogP contribution in [0.5, 0.6) is 0 Å². The van der Waals surface area contributed by atoms with Crippen LogP contribution < -0.4 is 10.6 Å². The number of aliphatic hydroxyl groups is 1. The Morgan fingerprint density at radius 3 is 2.89 bits per heavy atom. The van der Waals surface area contributed by atoms with Gasteiger partial charge in [-0.05, 0) is 43.7 Å². The molecule has 0 spiro atoms. The first-order valence-corrected chi connectivity index (χ1v) is 7.31. The van der Waals surface area contributed by atoms with Gasteiger partial charge >= 0.3 is 0 Å². The van der Waals surface area contributed by atoms with Gasteiger partial charge in [0.25, 0.3) is 0 Å². The molecule has 0 radical (unpaired) electrons. The molecule has 0 amide bonds. The average molecular weight is 277 g/mol. The SMILES string of the molecule is NC(=S)c1cc2c(nc1N(CCO)C1CC1)CCC2. The summed E-state index contributed by atoms with van der Waals surface area (Å²) in [5, 5.41) is 9.26. The molecule has 1 fully saturated rings. The standard InChI is InChI=1S/C14H19N3OS/c15-13(19)11-8-9-2-1-3-12(9)16-14(11)17(6-7-18)10-4-5-10/h8,10,18H,1-7H2,(H2,15,19). The van der Waals surface area contributed by atoms with E-state index in [4.69, 9.17) is 22.9 Å². The maximum atomic E-state index is 9.26. The van der Waals surface area contributed by atoms with Crippen molar-refractivity contribution in [3.8, 4) is 0 Å². The first kappa shape index (κ1) is 12.8. The minimum Gasteiger partial charge on any atom is -0.395 e. The van der Waals surface area contributed by atoms with E-state index in [0.717, 1.165) is 43.5 Å². The Hall–Kier alpha value is -1.20. The second-order valence-electron chi connectivity index (χ2n) is 5.33. The summed E-state index contributed by atoms with van der Waals surface area (Å²) >= 11 is 5.18. The Bertz CT molecular complexity index is 514. The van der Waals surface area contributed by atoms with Crippen molar-refractivity contribution in [3.05, 3.63) is 22.9 Å². The molecule has 0 atom stereocenters. The Kier molecular flexibility index (Phi) is 3.41. The van der Waals surface area contributed by atoms with Crippen LogP contribution in [0.1, 0.15) is 36.1 Å². The number of aryl methyl sites for hydroxylation is 2. The van der Waals surface area contributed by atoms with Crippen LogP contribution in [-0.4, -0.2) is 34.3 Å². The van der Waals surface area contributed by atoms with Gasteiger partial charge in [-0.3, -0.25) is 0 Å². The van der Waals surface area contributed by atoms with E-state index < -0.39 is 0 Å². The second kappa shape index (κ2) is 5.06. The molecule has 1 heterocycles. The lowest BCUT2D eigenvalue weighted by Crippen LogP contribution is -2.32. The number of aliphatic hydroxyl groups excluding tert-OH is 1. The summed E-state index contributed by atoms with van der Waals surface area (Å²) in [4.78, 5) is 7.38. The molecule has 3 N–H and O–H groups in total. The van der Waals surface area contributed by atoms with Crippen molar-refractivity contribution in [2.24, 2.45) is 5.73 Å². The average Bonchev–Trinajstić information content (AvgIpc) is 3.12. The van der Waals surface area contributed by atoms with Gasteiger partial charge in [0.05, 0.1) is 12.2 Å². The molecule has 0 aliphatic heterocycles. The molecule has 102 valence electrons. The van der Waals surface area contributed by atoms with Crippen LogP contribution >= 0.6 is 12.2 Å². The molecule has 19 heavy (non-hydrogen) atoms. The smallest absolute Gasteiger partial charge is 0.139 e. The number of fused-ring (bicyclic) bond motifs is 1. The predicted molar refractivity (Wildman–Crippen MR) is 79.6 cm³/mol. The monoisotopic (exact) mass is 277 g/mol. The Morgan fingerprint density at radius 1 is 1.47 bits per heavy atom. The van der Waals surface area contributed by atoms with Crippen molar-refractivity contribution in [1.29, 1.82) is 0 Å². The zero-order valence-corrected chi connectivity index (χ0v) is 11.7. The lowest BCUT2D eigenvalue weighted by atomic mass is 10.1. The highest BCUT2D eigenvalue weighted by Gasteiger charge is 2.32. The molecule has 1 aromatic heterocycles. The van der Waals surface area contributed by atoms with Gasteiger partial charge in [0.15, 0.2) is 0 Å². The second-order valence-corrected chi connectivity index (χ2v) is 5.77. The largest absolute Gasteiger partial charge is 0.395 e. The number of pyridine rings is 1. The molecule has 0 unspecified atom stereocenters. The van der Waals surface area contributed by atoms with Gasteiger partial charge in [0.1, 0.15) is 10.8 Å². The third-order valence-corrected chi connectivity index (χ3v) is 4.12. The van der Waals surface area contributed by atoms with Gasteiger partial charge in [-0.15, -0.1) is 0 Å². The van der Waals surface area contributed by atoms with E-state index in [1.165, 1.54) is 11.3 Å². The highest BCUT2D eigenvalue weighted by Crippen LogP contribution is 2.34. The quantitative estimate of drug-likeness (QED) is 0.791. The lowest BCUT2D eigenvalue weighted by molar-refractivity contribution is 0.301. The van der Waals surface area contributed by atoms with Gasteiger partial charge in [-0.25, -0.2) is 4.98 Å². The van der Waals surface area contributed by atoms with E-state index >= 15 is 0 Å². The maximum Gasteiger partial charge on any atom is 0.139 e. The van der Waals surface area contributed by atoms with Crippen LogP contribution in [0.25, 0.3) is 0 Å². The number of nitrogens with zero attached hydrogens (tertiary/aromatic N) is 2. The zero-order valence-electron chi connectivity index (χ0n) is 10.9. The summed E-state index contributed by atoms with van der Waals surface area (Å²) in [6.45, 7) is 0.734. The molecule has 2 aliphatic carbocycles. The summed E-state index contributed by atoms with van der Waals surface area (Å²) in [5.74, 6) is 0.879. The zero-order chi connectivity index (χ0) is 13.4. The van der Waals surface area contributed by atoms with Crippen LogP contribution in [0.15, 0.2) is 6.07 Å². The molecule has 0 saturated heterocycles. The molecule has 4 nitrogen and oxygen atoms in total. The normalized spacial score (nSPS) is 17.3. The van der Waals surface area contributed by atoms with Crippen molar-refractivity contribution < 1.29 is 5.11 Å². The fraction of sp³-hybridized carbons (Fsp3) is 0.571. The molecule has 3 rings (SSSR count). The Morgan fingerprint density at radius 2 is 2.26 bits per heavy atom. The highest BCUT2D eigenvalue weighted by atomic mass is 32.1. The van der Waals surface area contributed by atoms with Crippen LogP contribution in [-0.2, 0) is 12.8 Å². The van der Waals surface area contributed by atoms with Gasteiger partial charge in [0, 0.05) is 18.3 Å². The number of hydrogen-bond donors (Lipinski definition) is 2. The minimum atomic E-state index is 0.131. The third kappa shape index (κ3) is 2.44. The topological polar surface area (TPSA) is 62.4 Å². The number of rotatable bonds is 5. The van der Waals surface area contributed by atoms with E-state index in [1.807, 2.05) is 0 Å². The summed E-state index contributed by atoms with van der Waals surface area (Å²) in [5.41, 5.74) is 9.20. The maximum absolute atomic E-state index is 9.26. The predicted octanol–water partition coefficient (Wildman–Crippen LogP) is 1.17. The van der Waals surface area contributed by atoms with E-state index in [0.29, 0.717) is 17.6 Å². The summed E-state index contributed by atoms with van der Waals surface area (Å²) in [6.07, 6.45) is 5.59. The number of thiocarbonyl (C=S) groups is 1. The number of nitrogens with two attached hydrogens (primary N) is 1. The third-order valence-electron chi connectivity index (χ3n) is 3.90. The van der Waals surface area contributed by atoms with Crippen molar-refractivity contribution in [3.63, 3.8) is 0 Å². The van der Waals surface area contributed by atoms with Crippen LogP contribution in [0.3, 0.4) is 0 Å². The first-order chi connectivity index (χ1) is 9.20. The van der Waals surface area contributed by atoms with E-state index in [9.17, 15) is 5.11 Å². The van der Waals surface area contributed by atoms with Gasteiger partial charge in [-0.1, -0.05) is 12.2 Å². The summed E-state index contributed by atoms with van der Waals surface area (Å²) in [7, 11) is 0. The van der Waals surface area contributed by atoms with E-state index in [2.05, 4.69) is 11.0 Å². The van der Waals surface area contributed by atoms with Crippen molar-refractivity contribution >= 4 is 23.0 Å². The molecule has 2 aliphatic rings. The first-order valence-electron chi connectivity index (χ1n) is 6.91. The van der Waals surface area contributed by atoms with Gasteiger partial charge in [-0.2, -0.15) is 0 Å². The molecular weight excluding hydrogens is 258 g/mol. The number of anilines is 1. The molecule has 1 aromatic rings. The number of hydrogen-bond acceptors (Lipinski definition) is 4. The highest BCUT2D eigenvalue weighted by molar-refractivity contribution is 7.80. The molecule has 0 bridgehead atoms. The van der Waals surface area contributed by atoms with Crippen LogP contribution in [0.4, 0.5) is 5.82 Å². The van der Waals surface area contributed by atoms with Crippen molar-refractivity contribution in [2.75, 3.05) is 18.1 Å². The fourth-order valence-corrected chi connectivity index (χ4v) is 2.97. The summed E-state index contributed by atoms with van der Waals surface area (Å²) < 4.78 is 0. The fourth-order valence-electron chi connectivity index (χ4n) is 2.82. The Balaban J connectivity index is 2.04. The van der Waals surface area contributed by atoms with Gasteiger partial charge in [0.2, 0.25) is 0 Å². The Labute approximate surface area is 118 Å². The van der Waals surface area contributed by atoms with Crippen LogP contribution in [0.2, 0.25) is 0 Å². The van der Waals surface area contributed by atoms with E-state index in [-0.39, 0.29) is 6.61 Å². The molecule has 0 aromatic carbocycles. The van der Waals surface area contributed by atoms with Crippen LogP contribution in [0, 0.1) is 0 Å². The van der Waals surface area contributed by atoms with Crippen molar-refractivity contribution in [2.45, 2.75) is 38.1 Å². The lowest BCUT2D eigenvalue weighted by Gasteiger charge is -2.25. The molecule has 1 saturated carbocycles.